The molecular weight excluding hydrogens is 228 g/mol. The van der Waals surface area contributed by atoms with Crippen molar-refractivity contribution in [1.82, 2.24) is 15.3 Å². The van der Waals surface area contributed by atoms with Gasteiger partial charge in [-0.2, -0.15) is 0 Å². The first-order valence-electron chi connectivity index (χ1n) is 6.68. The lowest BCUT2D eigenvalue weighted by Gasteiger charge is -2.32. The minimum absolute atomic E-state index is 0.640. The molecule has 5 nitrogen and oxygen atoms in total. The van der Waals surface area contributed by atoms with E-state index in [0.717, 1.165) is 31.4 Å². The largest absolute Gasteiger partial charge is 0.478 e. The maximum atomic E-state index is 5.41. The minimum Gasteiger partial charge on any atom is -0.478 e. The van der Waals surface area contributed by atoms with E-state index < -0.39 is 0 Å². The van der Waals surface area contributed by atoms with Crippen molar-refractivity contribution in [1.29, 1.82) is 0 Å². The quantitative estimate of drug-likeness (QED) is 0.854. The van der Waals surface area contributed by atoms with Crippen molar-refractivity contribution in [2.45, 2.75) is 19.8 Å². The lowest BCUT2D eigenvalue weighted by molar-refractivity contribution is 0.325. The number of nitrogens with one attached hydrogen (secondary N) is 1. The van der Waals surface area contributed by atoms with Gasteiger partial charge in [0.2, 0.25) is 5.88 Å². The van der Waals surface area contributed by atoms with Gasteiger partial charge in [-0.15, -0.1) is 0 Å². The third-order valence-corrected chi connectivity index (χ3v) is 3.35. The summed E-state index contributed by atoms with van der Waals surface area (Å²) < 4.78 is 5.41. The van der Waals surface area contributed by atoms with E-state index in [2.05, 4.69) is 20.2 Å². The van der Waals surface area contributed by atoms with Gasteiger partial charge >= 0.3 is 0 Å². The van der Waals surface area contributed by atoms with Gasteiger partial charge in [-0.25, -0.2) is 9.97 Å². The highest BCUT2D eigenvalue weighted by atomic mass is 16.5. The lowest BCUT2D eigenvalue weighted by atomic mass is 9.97. The van der Waals surface area contributed by atoms with Crippen LogP contribution in [0.25, 0.3) is 0 Å². The fraction of sp³-hybridized carbons (Fsp3) is 0.692. The smallest absolute Gasteiger partial charge is 0.218 e. The van der Waals surface area contributed by atoms with E-state index in [0.29, 0.717) is 12.5 Å². The Balaban J connectivity index is 1.94. The Bertz CT molecular complexity index is 364. The molecule has 1 aliphatic heterocycles. The van der Waals surface area contributed by atoms with Crippen LogP contribution in [0.4, 0.5) is 5.82 Å². The van der Waals surface area contributed by atoms with Gasteiger partial charge in [-0.1, -0.05) is 0 Å². The Hall–Kier alpha value is -1.36. The molecule has 100 valence electrons. The molecule has 0 saturated carbocycles. The molecule has 18 heavy (non-hydrogen) atoms. The molecule has 0 aliphatic carbocycles. The molecule has 0 amide bonds. The van der Waals surface area contributed by atoms with E-state index in [9.17, 15) is 0 Å². The highest BCUT2D eigenvalue weighted by molar-refractivity contribution is 5.41. The predicted molar refractivity (Wildman–Crippen MR) is 72.1 cm³/mol. The summed E-state index contributed by atoms with van der Waals surface area (Å²) in [4.78, 5) is 10.7. The van der Waals surface area contributed by atoms with Crippen molar-refractivity contribution in [3.8, 4) is 5.88 Å². The summed E-state index contributed by atoms with van der Waals surface area (Å²) in [5.74, 6) is 2.44. The second-order valence-electron chi connectivity index (χ2n) is 4.64. The lowest BCUT2D eigenvalue weighted by Crippen LogP contribution is -2.37. The first kappa shape index (κ1) is 13.1. The van der Waals surface area contributed by atoms with Gasteiger partial charge in [-0.3, -0.25) is 0 Å². The number of piperidine rings is 1. The monoisotopic (exact) mass is 250 g/mol. The summed E-state index contributed by atoms with van der Waals surface area (Å²) in [7, 11) is 2.02. The molecule has 1 aromatic heterocycles. The number of hydrogen-bond donors (Lipinski definition) is 1. The molecule has 0 atom stereocenters. The first-order chi connectivity index (χ1) is 8.83. The van der Waals surface area contributed by atoms with Gasteiger partial charge in [0.05, 0.1) is 6.61 Å². The number of aromatic nitrogens is 2. The van der Waals surface area contributed by atoms with Crippen LogP contribution in [0.5, 0.6) is 5.88 Å². The summed E-state index contributed by atoms with van der Waals surface area (Å²) >= 11 is 0. The van der Waals surface area contributed by atoms with Crippen molar-refractivity contribution in [3.05, 3.63) is 12.4 Å². The normalized spacial score (nSPS) is 16.9. The van der Waals surface area contributed by atoms with Crippen LogP contribution in [0.15, 0.2) is 12.4 Å². The number of ether oxygens (including phenoxy) is 1. The maximum Gasteiger partial charge on any atom is 0.218 e. The molecule has 1 fully saturated rings. The zero-order valence-electron chi connectivity index (χ0n) is 11.2. The number of nitrogens with zero attached hydrogens (tertiary/aromatic N) is 3. The van der Waals surface area contributed by atoms with Crippen molar-refractivity contribution in [3.63, 3.8) is 0 Å². The fourth-order valence-electron chi connectivity index (χ4n) is 2.38. The fourth-order valence-corrected chi connectivity index (χ4v) is 2.38. The third kappa shape index (κ3) is 3.32. The van der Waals surface area contributed by atoms with Crippen molar-refractivity contribution in [2.75, 3.05) is 38.2 Å². The van der Waals surface area contributed by atoms with Crippen LogP contribution in [0.2, 0.25) is 0 Å². The highest BCUT2D eigenvalue weighted by Crippen LogP contribution is 2.22. The topological polar surface area (TPSA) is 50.3 Å². The average Bonchev–Trinajstić information content (AvgIpc) is 2.41. The molecule has 0 radical (unpaired) electrons. The Kier molecular flexibility index (Phi) is 4.75. The molecule has 1 aromatic rings. The molecule has 2 rings (SSSR count). The number of anilines is 1. The van der Waals surface area contributed by atoms with Crippen LogP contribution in [0.3, 0.4) is 0 Å². The minimum atomic E-state index is 0.640. The molecule has 1 saturated heterocycles. The van der Waals surface area contributed by atoms with E-state index in [-0.39, 0.29) is 0 Å². The van der Waals surface area contributed by atoms with E-state index in [1.54, 1.807) is 6.33 Å². The van der Waals surface area contributed by atoms with Gasteiger partial charge in [0.15, 0.2) is 0 Å². The van der Waals surface area contributed by atoms with E-state index in [1.165, 1.54) is 12.8 Å². The van der Waals surface area contributed by atoms with Crippen LogP contribution in [-0.2, 0) is 0 Å². The molecule has 0 aromatic carbocycles. The van der Waals surface area contributed by atoms with Crippen molar-refractivity contribution < 1.29 is 4.74 Å². The summed E-state index contributed by atoms with van der Waals surface area (Å²) in [5.41, 5.74) is 0. The van der Waals surface area contributed by atoms with Crippen molar-refractivity contribution >= 4 is 5.82 Å². The molecule has 1 aliphatic rings. The van der Waals surface area contributed by atoms with Gasteiger partial charge < -0.3 is 15.0 Å². The van der Waals surface area contributed by atoms with E-state index in [1.807, 2.05) is 20.0 Å². The van der Waals surface area contributed by atoms with Crippen LogP contribution >= 0.6 is 0 Å². The third-order valence-electron chi connectivity index (χ3n) is 3.35. The molecule has 5 heteroatoms. The zero-order chi connectivity index (χ0) is 12.8. The molecule has 0 unspecified atom stereocenters. The second kappa shape index (κ2) is 6.54. The number of rotatable bonds is 5. The van der Waals surface area contributed by atoms with Gasteiger partial charge in [0.1, 0.15) is 12.1 Å². The molecule has 1 N–H and O–H groups in total. The maximum absolute atomic E-state index is 5.41. The molecular formula is C13H22N4O. The Morgan fingerprint density at radius 3 is 2.83 bits per heavy atom. The predicted octanol–water partition coefficient (Wildman–Crippen LogP) is 1.31. The summed E-state index contributed by atoms with van der Waals surface area (Å²) in [6.07, 6.45) is 4.02. The van der Waals surface area contributed by atoms with Gasteiger partial charge in [-0.05, 0) is 39.3 Å². The van der Waals surface area contributed by atoms with Crippen LogP contribution in [0.1, 0.15) is 19.8 Å². The standard InChI is InChI=1S/C13H22N4O/c1-3-18-13-8-12(15-10-16-13)17-6-4-11(5-7-17)9-14-2/h8,10-11,14H,3-7,9H2,1-2H3. The van der Waals surface area contributed by atoms with Gasteiger partial charge in [0, 0.05) is 19.2 Å². The first-order valence-corrected chi connectivity index (χ1v) is 6.68. The summed E-state index contributed by atoms with van der Waals surface area (Å²) in [5, 5.41) is 3.25. The molecule has 0 spiro atoms. The SMILES string of the molecule is CCOc1cc(N2CCC(CNC)CC2)ncn1. The van der Waals surface area contributed by atoms with E-state index in [4.69, 9.17) is 4.74 Å². The van der Waals surface area contributed by atoms with Crippen LogP contribution in [0, 0.1) is 5.92 Å². The van der Waals surface area contributed by atoms with Crippen molar-refractivity contribution in [2.24, 2.45) is 5.92 Å². The average molecular weight is 250 g/mol. The molecule has 0 bridgehead atoms. The van der Waals surface area contributed by atoms with Crippen LogP contribution in [-0.4, -0.2) is 43.3 Å². The van der Waals surface area contributed by atoms with Gasteiger partial charge in [0.25, 0.3) is 0 Å². The Morgan fingerprint density at radius 1 is 1.39 bits per heavy atom. The number of hydrogen-bond acceptors (Lipinski definition) is 5. The van der Waals surface area contributed by atoms with Crippen LogP contribution < -0.4 is 15.0 Å². The summed E-state index contributed by atoms with van der Waals surface area (Å²) in [6.45, 7) is 5.84. The highest BCUT2D eigenvalue weighted by Gasteiger charge is 2.19. The van der Waals surface area contributed by atoms with E-state index >= 15 is 0 Å². The Labute approximate surface area is 109 Å². The second-order valence-corrected chi connectivity index (χ2v) is 4.64. The Morgan fingerprint density at radius 2 is 2.17 bits per heavy atom. The molecule has 2 heterocycles. The zero-order valence-corrected chi connectivity index (χ0v) is 11.2. The summed E-state index contributed by atoms with van der Waals surface area (Å²) in [6, 6.07) is 1.93.